The highest BCUT2D eigenvalue weighted by atomic mass is 79.9. The first-order chi connectivity index (χ1) is 10.5. The second-order valence-electron chi connectivity index (χ2n) is 4.35. The fourth-order valence-corrected chi connectivity index (χ4v) is 2.58. The number of carbonyl (C=O) groups is 2. The Bertz CT molecular complexity index is 619. The van der Waals surface area contributed by atoms with Gasteiger partial charge < -0.3 is 5.73 Å². The van der Waals surface area contributed by atoms with Gasteiger partial charge in [0.25, 0.3) is 11.9 Å². The van der Waals surface area contributed by atoms with Crippen molar-refractivity contribution in [3.8, 4) is 0 Å². The molecule has 0 aliphatic carbocycles. The number of nitrogens with zero attached hydrogens (tertiary/aromatic N) is 6. The predicted octanol–water partition coefficient (Wildman–Crippen LogP) is 2.78. The van der Waals surface area contributed by atoms with Gasteiger partial charge >= 0.3 is 6.03 Å². The number of rotatable bonds is 2. The average Bonchev–Trinajstić information content (AvgIpc) is 2.62. The summed E-state index contributed by atoms with van der Waals surface area (Å²) in [5.74, 6) is -0.242. The number of hydrogen-bond donors (Lipinski definition) is 2. The van der Waals surface area contributed by atoms with Gasteiger partial charge in [-0.3, -0.25) is 9.63 Å². The normalized spacial score (nSPS) is 16.1. The van der Waals surface area contributed by atoms with Gasteiger partial charge in [-0.25, -0.2) is 8.72 Å². The molecule has 0 unspecified atom stereocenters. The van der Waals surface area contributed by atoms with E-state index in [1.807, 2.05) is 0 Å². The van der Waals surface area contributed by atoms with Crippen molar-refractivity contribution in [2.75, 3.05) is 14.5 Å². The van der Waals surface area contributed by atoms with E-state index in [1.54, 1.807) is 13.8 Å². The maximum absolute atomic E-state index is 11.2. The van der Waals surface area contributed by atoms with Gasteiger partial charge in [-0.05, 0) is 13.8 Å². The molecular weight excluding hydrogens is 506 g/mol. The molecule has 1 saturated heterocycles. The van der Waals surface area contributed by atoms with Gasteiger partial charge in [-0.15, -0.1) is 0 Å². The van der Waals surface area contributed by atoms with E-state index < -0.39 is 11.6 Å². The fourth-order valence-electron chi connectivity index (χ4n) is 1.23. The molecule has 23 heavy (non-hydrogen) atoms. The lowest BCUT2D eigenvalue weighted by molar-refractivity contribution is -0.127. The third kappa shape index (κ3) is 4.59. The summed E-state index contributed by atoms with van der Waals surface area (Å²) in [5.41, 5.74) is 4.46. The van der Waals surface area contributed by atoms with Gasteiger partial charge in [0.1, 0.15) is 5.54 Å². The molecule has 1 aromatic heterocycles. The van der Waals surface area contributed by atoms with Crippen LogP contribution in [-0.4, -0.2) is 40.3 Å². The fraction of sp³-hybridized carbons (Fsp3) is 0.375. The largest absolute Gasteiger partial charge is 0.368 e. The van der Waals surface area contributed by atoms with Crippen molar-refractivity contribution < 1.29 is 9.59 Å². The third-order valence-electron chi connectivity index (χ3n) is 2.40. The molecule has 1 fully saturated rings. The number of nitrogen functional groups attached to an aromatic ring is 1. The molecule has 3 amide bonds. The van der Waals surface area contributed by atoms with Crippen molar-refractivity contribution >= 4 is 97.4 Å². The first-order valence-electron chi connectivity index (χ1n) is 5.52. The van der Waals surface area contributed by atoms with Gasteiger partial charge in [-0.1, -0.05) is 0 Å². The van der Waals surface area contributed by atoms with Crippen molar-refractivity contribution in [3.05, 3.63) is 0 Å². The van der Waals surface area contributed by atoms with E-state index in [9.17, 15) is 9.59 Å². The minimum absolute atomic E-state index is 0.00557. The number of hydrogen-bond acceptors (Lipinski definition) is 8. The number of urea groups is 1. The Kier molecular flexibility index (Phi) is 6.89. The topological polar surface area (TPSA) is 121 Å². The van der Waals surface area contributed by atoms with E-state index in [-0.39, 0.29) is 23.8 Å². The number of halogens is 5. The molecule has 10 nitrogen and oxygen atoms in total. The van der Waals surface area contributed by atoms with Crippen LogP contribution in [0.15, 0.2) is 0 Å². The second kappa shape index (κ2) is 7.83. The summed E-state index contributed by atoms with van der Waals surface area (Å²) in [6.07, 6.45) is 0. The highest BCUT2D eigenvalue weighted by molar-refractivity contribution is 9.08. The summed E-state index contributed by atoms with van der Waals surface area (Å²) in [6.45, 7) is 3.31. The van der Waals surface area contributed by atoms with Crippen LogP contribution in [0.3, 0.4) is 0 Å². The molecule has 0 radical (unpaired) electrons. The first-order valence-corrected chi connectivity index (χ1v) is 7.99. The number of nitrogens with one attached hydrogen (secondary N) is 1. The molecule has 2 rings (SSSR count). The van der Waals surface area contributed by atoms with Crippen molar-refractivity contribution in [2.45, 2.75) is 19.4 Å². The molecule has 0 bridgehead atoms. The molecule has 0 atom stereocenters. The third-order valence-corrected chi connectivity index (χ3v) is 4.69. The maximum Gasteiger partial charge on any atom is 0.348 e. The van der Waals surface area contributed by atoms with Gasteiger partial charge in [-0.2, -0.15) is 22.8 Å². The van der Waals surface area contributed by atoms with Crippen LogP contribution < -0.4 is 14.5 Å². The van der Waals surface area contributed by atoms with E-state index in [0.717, 1.165) is 3.93 Å². The quantitative estimate of drug-likeness (QED) is 0.456. The highest BCUT2D eigenvalue weighted by Crippen LogP contribution is 2.32. The summed E-state index contributed by atoms with van der Waals surface area (Å²) >= 11 is 21.7. The number of carbonyl (C=O) groups excluding carboxylic acids is 2. The number of aromatic nitrogens is 3. The number of anilines is 3. The molecule has 0 saturated carbocycles. The standard InChI is InChI=1S/C5H6Br2N2O2.C3H3Cl3N6/c1-5(2)3(10)8(6)4(11)9(5)7;4-11-2-8-1(7)9-3(10-2)12(5)6/h1-2H3;(H3,7,8,9,10,11). The molecule has 2 heterocycles. The second-order valence-corrected chi connectivity index (χ2v) is 6.81. The van der Waals surface area contributed by atoms with Gasteiger partial charge in [0, 0.05) is 35.3 Å². The van der Waals surface area contributed by atoms with Crippen molar-refractivity contribution in [3.63, 3.8) is 0 Å². The molecule has 0 spiro atoms. The zero-order valence-corrected chi connectivity index (χ0v) is 16.9. The van der Waals surface area contributed by atoms with Crippen LogP contribution in [0.5, 0.6) is 0 Å². The summed E-state index contributed by atoms with van der Waals surface area (Å²) in [6, 6.07) is -0.403. The zero-order chi connectivity index (χ0) is 17.9. The molecule has 1 aliphatic rings. The Morgan fingerprint density at radius 2 is 1.78 bits per heavy atom. The van der Waals surface area contributed by atoms with Crippen LogP contribution in [0.1, 0.15) is 13.8 Å². The van der Waals surface area contributed by atoms with Gasteiger partial charge in [0.2, 0.25) is 11.9 Å². The van der Waals surface area contributed by atoms with Crippen LogP contribution in [0.4, 0.5) is 22.6 Å². The van der Waals surface area contributed by atoms with Crippen molar-refractivity contribution in [1.82, 2.24) is 22.8 Å². The van der Waals surface area contributed by atoms with Crippen molar-refractivity contribution in [1.29, 1.82) is 0 Å². The van der Waals surface area contributed by atoms with Gasteiger partial charge in [0.15, 0.2) is 0 Å². The highest BCUT2D eigenvalue weighted by Gasteiger charge is 2.50. The number of imide groups is 1. The first kappa shape index (κ1) is 20.2. The minimum atomic E-state index is -0.805. The molecule has 1 aliphatic heterocycles. The molecule has 15 heteroatoms. The average molecular weight is 515 g/mol. The Balaban J connectivity index is 0.000000231. The van der Waals surface area contributed by atoms with Crippen molar-refractivity contribution in [2.24, 2.45) is 0 Å². The van der Waals surface area contributed by atoms with E-state index in [4.69, 9.17) is 41.1 Å². The van der Waals surface area contributed by atoms with E-state index >= 15 is 0 Å². The van der Waals surface area contributed by atoms with E-state index in [0.29, 0.717) is 3.94 Å². The lowest BCUT2D eigenvalue weighted by atomic mass is 10.1. The van der Waals surface area contributed by atoms with Crippen LogP contribution in [-0.2, 0) is 4.79 Å². The smallest absolute Gasteiger partial charge is 0.348 e. The summed E-state index contributed by atoms with van der Waals surface area (Å²) in [4.78, 5) is 35.3. The zero-order valence-electron chi connectivity index (χ0n) is 11.5. The number of nitrogens with two attached hydrogens (primary N) is 1. The summed E-state index contributed by atoms with van der Waals surface area (Å²) in [7, 11) is 0. The lowest BCUT2D eigenvalue weighted by Gasteiger charge is -2.19. The van der Waals surface area contributed by atoms with Crippen LogP contribution >= 0.6 is 67.6 Å². The van der Waals surface area contributed by atoms with Gasteiger partial charge in [0.05, 0.1) is 32.3 Å². The van der Waals surface area contributed by atoms with Crippen LogP contribution in [0.2, 0.25) is 0 Å². The Morgan fingerprint density at radius 1 is 1.22 bits per heavy atom. The summed E-state index contributed by atoms with van der Waals surface area (Å²) < 4.78 is 2.76. The molecule has 1 aromatic rings. The lowest BCUT2D eigenvalue weighted by Crippen LogP contribution is -2.37. The predicted molar refractivity (Wildman–Crippen MR) is 93.9 cm³/mol. The Morgan fingerprint density at radius 3 is 2.09 bits per heavy atom. The Hall–Kier alpha value is -0.820. The molecule has 128 valence electrons. The molecule has 3 N–H and O–H groups in total. The summed E-state index contributed by atoms with van der Waals surface area (Å²) in [5, 5.41) is 0. The van der Waals surface area contributed by atoms with Crippen LogP contribution in [0, 0.1) is 0 Å². The SMILES string of the molecule is CC1(C)C(=O)N(Br)C(=O)N1Br.Nc1nc(NCl)nc(N(Cl)Cl)n1. The van der Waals surface area contributed by atoms with Crippen LogP contribution in [0.25, 0.3) is 0 Å². The Labute approximate surface area is 163 Å². The molecular formula is C8H9Br2Cl3N8O2. The maximum atomic E-state index is 11.2. The number of amides is 3. The van der Waals surface area contributed by atoms with E-state index in [1.165, 1.54) is 3.93 Å². The monoisotopic (exact) mass is 512 g/mol. The molecule has 0 aromatic carbocycles. The minimum Gasteiger partial charge on any atom is -0.368 e. The van der Waals surface area contributed by atoms with E-state index in [2.05, 4.69) is 52.1 Å².